The predicted molar refractivity (Wildman–Crippen MR) is 76.0 cm³/mol. The minimum atomic E-state index is -3.53. The van der Waals surface area contributed by atoms with Gasteiger partial charge in [-0.1, -0.05) is 30.9 Å². The summed E-state index contributed by atoms with van der Waals surface area (Å²) in [6.45, 7) is 0. The lowest BCUT2D eigenvalue weighted by Crippen LogP contribution is -2.36. The smallest absolute Gasteiger partial charge is 0.242 e. The van der Waals surface area contributed by atoms with E-state index < -0.39 is 10.0 Å². The van der Waals surface area contributed by atoms with Gasteiger partial charge in [-0.25, -0.2) is 18.1 Å². The first kappa shape index (κ1) is 14.6. The van der Waals surface area contributed by atoms with Gasteiger partial charge < -0.3 is 5.32 Å². The van der Waals surface area contributed by atoms with Crippen LogP contribution in [0, 0.1) is 0 Å². The first-order valence-electron chi connectivity index (χ1n) is 6.38. The second-order valence-corrected chi connectivity index (χ2v) is 6.83. The highest BCUT2D eigenvalue weighted by Gasteiger charge is 2.22. The Morgan fingerprint density at radius 2 is 2.00 bits per heavy atom. The zero-order valence-electron chi connectivity index (χ0n) is 10.8. The van der Waals surface area contributed by atoms with Gasteiger partial charge in [0.2, 0.25) is 10.0 Å². The molecule has 0 bridgehead atoms. The van der Waals surface area contributed by atoms with Crippen molar-refractivity contribution in [1.29, 1.82) is 0 Å². The summed E-state index contributed by atoms with van der Waals surface area (Å²) >= 11 is 5.96. The fourth-order valence-electron chi connectivity index (χ4n) is 2.26. The summed E-state index contributed by atoms with van der Waals surface area (Å²) in [4.78, 5) is 4.11. The Kier molecular flexibility index (Phi) is 4.65. The van der Waals surface area contributed by atoms with Crippen molar-refractivity contribution in [2.24, 2.45) is 0 Å². The normalized spacial score (nSPS) is 17.4. The van der Waals surface area contributed by atoms with Crippen molar-refractivity contribution >= 4 is 27.4 Å². The molecule has 5 nitrogen and oxygen atoms in total. The van der Waals surface area contributed by atoms with Crippen molar-refractivity contribution in [3.05, 3.63) is 17.3 Å². The van der Waals surface area contributed by atoms with Gasteiger partial charge in [0.1, 0.15) is 10.7 Å². The average molecular weight is 304 g/mol. The zero-order chi connectivity index (χ0) is 13.9. The van der Waals surface area contributed by atoms with Crippen LogP contribution in [-0.2, 0) is 10.0 Å². The Hall–Kier alpha value is -0.850. The van der Waals surface area contributed by atoms with E-state index in [2.05, 4.69) is 15.0 Å². The van der Waals surface area contributed by atoms with E-state index in [1.165, 1.54) is 18.7 Å². The molecule has 0 radical (unpaired) electrons. The van der Waals surface area contributed by atoms with Gasteiger partial charge >= 0.3 is 0 Å². The van der Waals surface area contributed by atoms with E-state index in [1.54, 1.807) is 7.05 Å². The highest BCUT2D eigenvalue weighted by Crippen LogP contribution is 2.24. The third kappa shape index (κ3) is 3.58. The largest absolute Gasteiger partial charge is 0.372 e. The van der Waals surface area contributed by atoms with Crippen molar-refractivity contribution < 1.29 is 8.42 Å². The molecule has 1 aliphatic rings. The van der Waals surface area contributed by atoms with Gasteiger partial charge in [0.15, 0.2) is 0 Å². The summed E-state index contributed by atoms with van der Waals surface area (Å²) in [5, 5.41) is 3.10. The van der Waals surface area contributed by atoms with Crippen molar-refractivity contribution in [3.8, 4) is 0 Å². The Morgan fingerprint density at radius 1 is 1.32 bits per heavy atom. The van der Waals surface area contributed by atoms with Crippen molar-refractivity contribution in [3.63, 3.8) is 0 Å². The minimum Gasteiger partial charge on any atom is -0.372 e. The molecule has 1 aromatic heterocycles. The molecular formula is C12H18ClN3O2S. The van der Waals surface area contributed by atoms with Crippen molar-refractivity contribution in [2.45, 2.75) is 43.0 Å². The molecule has 0 aliphatic heterocycles. The quantitative estimate of drug-likeness (QED) is 0.896. The Morgan fingerprint density at radius 3 is 2.58 bits per heavy atom. The van der Waals surface area contributed by atoms with E-state index in [0.29, 0.717) is 10.8 Å². The Balaban J connectivity index is 2.16. The lowest BCUT2D eigenvalue weighted by atomic mass is 9.96. The van der Waals surface area contributed by atoms with Gasteiger partial charge in [-0.2, -0.15) is 0 Å². The summed E-state index contributed by atoms with van der Waals surface area (Å²) < 4.78 is 27.2. The van der Waals surface area contributed by atoms with Crippen LogP contribution >= 0.6 is 11.6 Å². The molecule has 0 saturated heterocycles. The summed E-state index contributed by atoms with van der Waals surface area (Å²) in [5.41, 5.74) is 0. The third-order valence-electron chi connectivity index (χ3n) is 3.29. The summed E-state index contributed by atoms with van der Waals surface area (Å²) in [6, 6.07) is 1.45. The summed E-state index contributed by atoms with van der Waals surface area (Å²) in [5.74, 6) is 0.471. The first-order chi connectivity index (χ1) is 9.03. The van der Waals surface area contributed by atoms with E-state index >= 15 is 0 Å². The molecule has 0 spiro atoms. The fourth-order valence-corrected chi connectivity index (χ4v) is 3.86. The highest BCUT2D eigenvalue weighted by atomic mass is 35.5. The maximum absolute atomic E-state index is 12.2. The van der Waals surface area contributed by atoms with Crippen LogP contribution in [0.15, 0.2) is 17.2 Å². The maximum Gasteiger partial charge on any atom is 0.242 e. The van der Waals surface area contributed by atoms with Gasteiger partial charge in [-0.05, 0) is 18.9 Å². The number of rotatable bonds is 4. The molecule has 1 aromatic rings. The van der Waals surface area contributed by atoms with Gasteiger partial charge in [-0.3, -0.25) is 0 Å². The van der Waals surface area contributed by atoms with E-state index in [0.717, 1.165) is 25.7 Å². The van der Waals surface area contributed by atoms with Gasteiger partial charge in [0, 0.05) is 19.3 Å². The summed E-state index contributed by atoms with van der Waals surface area (Å²) in [6.07, 6.45) is 6.45. The Bertz CT molecular complexity index is 542. The second-order valence-electron chi connectivity index (χ2n) is 4.71. The van der Waals surface area contributed by atoms with Crippen molar-refractivity contribution in [1.82, 2.24) is 9.71 Å². The molecular weight excluding hydrogens is 286 g/mol. The molecule has 0 atom stereocenters. The average Bonchev–Trinajstić information content (AvgIpc) is 2.39. The number of hydrogen-bond donors (Lipinski definition) is 2. The SMILES string of the molecule is CNc1ncc(S(=O)(=O)NC2CCCCC2)cc1Cl. The molecule has 1 heterocycles. The van der Waals surface area contributed by atoms with Gasteiger partial charge in [0.25, 0.3) is 0 Å². The molecule has 106 valence electrons. The predicted octanol–water partition coefficient (Wildman–Crippen LogP) is 2.39. The lowest BCUT2D eigenvalue weighted by Gasteiger charge is -2.22. The number of nitrogens with zero attached hydrogens (tertiary/aromatic N) is 1. The van der Waals surface area contributed by atoms with Gasteiger partial charge in [-0.15, -0.1) is 0 Å². The molecule has 1 fully saturated rings. The topological polar surface area (TPSA) is 71.1 Å². The monoisotopic (exact) mass is 303 g/mol. The van der Waals surface area contributed by atoms with E-state index in [-0.39, 0.29) is 10.9 Å². The number of aromatic nitrogens is 1. The molecule has 7 heteroatoms. The standard InChI is InChI=1S/C12H18ClN3O2S/c1-14-12-11(13)7-10(8-15-12)19(17,18)16-9-5-3-2-4-6-9/h7-9,16H,2-6H2,1H3,(H,14,15). The van der Waals surface area contributed by atoms with E-state index in [1.807, 2.05) is 0 Å². The third-order valence-corrected chi connectivity index (χ3v) is 5.07. The van der Waals surface area contributed by atoms with Gasteiger partial charge in [0.05, 0.1) is 5.02 Å². The molecule has 0 amide bonds. The molecule has 19 heavy (non-hydrogen) atoms. The van der Waals surface area contributed by atoms with Crippen LogP contribution in [0.2, 0.25) is 5.02 Å². The molecule has 1 aliphatic carbocycles. The number of anilines is 1. The number of pyridine rings is 1. The molecule has 2 rings (SSSR count). The second kappa shape index (κ2) is 6.07. The van der Waals surface area contributed by atoms with Crippen LogP contribution in [0.3, 0.4) is 0 Å². The number of halogens is 1. The molecule has 2 N–H and O–H groups in total. The minimum absolute atomic E-state index is 0.0292. The number of sulfonamides is 1. The molecule has 1 saturated carbocycles. The van der Waals surface area contributed by atoms with Crippen LogP contribution in [0.25, 0.3) is 0 Å². The van der Waals surface area contributed by atoms with Crippen LogP contribution in [-0.4, -0.2) is 26.5 Å². The lowest BCUT2D eigenvalue weighted by molar-refractivity contribution is 0.412. The Labute approximate surface area is 118 Å². The molecule has 0 aromatic carbocycles. The van der Waals surface area contributed by atoms with Crippen molar-refractivity contribution in [2.75, 3.05) is 12.4 Å². The van der Waals surface area contributed by atoms with Crippen LogP contribution < -0.4 is 10.0 Å². The highest BCUT2D eigenvalue weighted by molar-refractivity contribution is 7.89. The van der Waals surface area contributed by atoms with Crippen LogP contribution in [0.1, 0.15) is 32.1 Å². The van der Waals surface area contributed by atoms with E-state index in [9.17, 15) is 8.42 Å². The zero-order valence-corrected chi connectivity index (χ0v) is 12.4. The van der Waals surface area contributed by atoms with Crippen LogP contribution in [0.5, 0.6) is 0 Å². The number of hydrogen-bond acceptors (Lipinski definition) is 4. The van der Waals surface area contributed by atoms with E-state index in [4.69, 9.17) is 11.6 Å². The van der Waals surface area contributed by atoms with Crippen LogP contribution in [0.4, 0.5) is 5.82 Å². The summed E-state index contributed by atoms with van der Waals surface area (Å²) in [7, 11) is -1.85. The fraction of sp³-hybridized carbons (Fsp3) is 0.583. The molecule has 0 unspecified atom stereocenters. The first-order valence-corrected chi connectivity index (χ1v) is 8.24. The number of nitrogens with one attached hydrogen (secondary N) is 2. The maximum atomic E-state index is 12.2.